The fraction of sp³-hybridized carbons (Fsp3) is 0.717. The van der Waals surface area contributed by atoms with Gasteiger partial charge in [-0.3, -0.25) is 19.2 Å². The number of nitrogens with two attached hydrogens (primary N) is 1. The molecule has 38 nitrogen and oxygen atoms in total. The van der Waals surface area contributed by atoms with Crippen molar-refractivity contribution in [1.82, 2.24) is 20.5 Å². The minimum atomic E-state index is -1.80. The molecule has 0 saturated carbocycles. The molecule has 0 bridgehead atoms. The number of esters is 1. The van der Waals surface area contributed by atoms with Gasteiger partial charge in [-0.05, 0) is 61.6 Å². The van der Waals surface area contributed by atoms with Crippen LogP contribution in [-0.4, -0.2) is 409 Å². The number of benzene rings is 2. The molecule has 3 aromatic rings. The quantitative estimate of drug-likeness (QED) is 0.0153. The minimum absolute atomic E-state index is 0.0151. The van der Waals surface area contributed by atoms with E-state index in [-0.39, 0.29) is 69.2 Å². The summed E-state index contributed by atoms with van der Waals surface area (Å²) in [7, 11) is 0. The molecule has 3 heterocycles. The number of hydrogen-bond donors (Lipinski definition) is 4. The number of anilines is 2. The summed E-state index contributed by atoms with van der Waals surface area (Å²) >= 11 is 0. The third-order valence-corrected chi connectivity index (χ3v) is 19.1. The molecule has 2 aromatic carbocycles. The highest BCUT2D eigenvalue weighted by molar-refractivity contribution is 6.05. The highest BCUT2D eigenvalue weighted by Crippen LogP contribution is 2.32. The Balaban J connectivity index is 0.619. The van der Waals surface area contributed by atoms with E-state index in [1.165, 1.54) is 0 Å². The molecule has 764 valence electrons. The van der Waals surface area contributed by atoms with E-state index >= 15 is 0 Å². The molecule has 134 heavy (non-hydrogen) atoms. The maximum atomic E-state index is 13.6. The number of fused-ring (bicyclic) bond motifs is 1. The first-order valence-electron chi connectivity index (χ1n) is 46.4. The van der Waals surface area contributed by atoms with E-state index < -0.39 is 41.4 Å². The second-order valence-electron chi connectivity index (χ2n) is 29.5. The van der Waals surface area contributed by atoms with Gasteiger partial charge >= 0.3 is 5.97 Å². The summed E-state index contributed by atoms with van der Waals surface area (Å²) in [6.45, 7) is 32.7. The zero-order valence-corrected chi connectivity index (χ0v) is 78.6. The average Bonchev–Trinajstić information content (AvgIpc) is 1.41. The van der Waals surface area contributed by atoms with Gasteiger partial charge in [-0.2, -0.15) is 8.78 Å². The first-order chi connectivity index (χ1) is 65.8. The zero-order chi connectivity index (χ0) is 95.7. The molecule has 2 aliphatic heterocycles. The van der Waals surface area contributed by atoms with Crippen LogP contribution in [0.2, 0.25) is 0 Å². The van der Waals surface area contributed by atoms with E-state index in [0.29, 0.717) is 366 Å². The van der Waals surface area contributed by atoms with Crippen LogP contribution in [0.25, 0.3) is 6.08 Å². The Bertz CT molecular complexity index is 3520. The standard InChI is InChI=1S/C92H148F4N8O30/c1-4-16-103(17-5-2)75(3)79-70-77-6-7-78(71-83(77)102-84(97)72-79)92(108)101-80-8-9-85(100-74-80)104-18-10-76(11-19-104)91(107)99-15-14-98-86(105)12-20-109-22-24-111-26-28-113-30-32-115-34-36-117-38-40-119-42-44-121-46-48-123-50-52-125-54-56-127-58-60-129-62-64-131-66-68-133-69-67-132-65-63-130-61-59-128-57-55-126-53-51-124-49-47-122-45-43-120-41-39-118-37-35-116-33-31-114-29-27-112-25-23-110-21-13-87(106)134-90-88(95)81(93)73-82(94)89(90)96/h6-9,70-71,73-74,76H,3-5,10-69,72H2,1-2H3,(H2,97,102)(H,98,105)(H,99,107)(H,101,108). The lowest BCUT2D eigenvalue weighted by Gasteiger charge is -2.32. The molecule has 2 aliphatic rings. The maximum absolute atomic E-state index is 13.6. The number of aliphatic imine (C=N–C) groups is 1. The van der Waals surface area contributed by atoms with Crippen molar-refractivity contribution in [3.63, 3.8) is 0 Å². The van der Waals surface area contributed by atoms with Crippen molar-refractivity contribution >= 4 is 52.8 Å². The van der Waals surface area contributed by atoms with Gasteiger partial charge in [0.05, 0.1) is 354 Å². The molecule has 0 radical (unpaired) electrons. The number of nitrogens with zero attached hydrogens (tertiary/aromatic N) is 4. The molecule has 0 unspecified atom stereocenters. The summed E-state index contributed by atoms with van der Waals surface area (Å²) in [5.74, 6) is -8.93. The number of allylic oxidation sites excluding steroid dienone is 1. The lowest BCUT2D eigenvalue weighted by atomic mass is 9.96. The summed E-state index contributed by atoms with van der Waals surface area (Å²) in [6, 6.07) is 9.14. The number of piperidine rings is 1. The average molecular weight is 1920 g/mol. The van der Waals surface area contributed by atoms with Gasteiger partial charge in [0.25, 0.3) is 5.91 Å². The van der Waals surface area contributed by atoms with E-state index in [1.54, 1.807) is 18.3 Å². The van der Waals surface area contributed by atoms with E-state index in [2.05, 4.69) is 67.0 Å². The van der Waals surface area contributed by atoms with Crippen LogP contribution in [0.15, 0.2) is 65.4 Å². The fourth-order valence-electron chi connectivity index (χ4n) is 12.2. The SMILES string of the molecule is C=C(C1=Cc2ccc(C(=O)Nc3ccc(N4CCC(C(=O)NCCNC(=O)CCOCCOCCOCCOCCOCCOCCOCCOCCOCCOCCOCCOCCOCCOCCOCCOCCOCCOCCOCCOCCOCCOCCOCCOCCOCCC(=O)Oc5c(F)c(F)cc(F)c5F)CC4)nc3)cc2N=C(N)C1)N(CCC)CCC. The van der Waals surface area contributed by atoms with E-state index in [9.17, 15) is 36.7 Å². The number of nitrogens with one attached hydrogen (secondary N) is 3. The number of aromatic nitrogens is 1. The number of carbonyl (C=O) groups is 4. The summed E-state index contributed by atoms with van der Waals surface area (Å²) in [6.07, 6.45) is 7.32. The molecular formula is C92H148F4N8O30. The van der Waals surface area contributed by atoms with Crippen LogP contribution in [0.5, 0.6) is 5.75 Å². The lowest BCUT2D eigenvalue weighted by molar-refractivity contribution is -0.136. The fourth-order valence-corrected chi connectivity index (χ4v) is 12.2. The van der Waals surface area contributed by atoms with Gasteiger partial charge in [-0.25, -0.2) is 18.8 Å². The summed E-state index contributed by atoms with van der Waals surface area (Å²) < 4.78 is 196. The van der Waals surface area contributed by atoms with E-state index in [4.69, 9.17) is 124 Å². The third-order valence-electron chi connectivity index (χ3n) is 19.1. The van der Waals surface area contributed by atoms with Crippen molar-refractivity contribution in [2.24, 2.45) is 16.6 Å². The van der Waals surface area contributed by atoms with Gasteiger partial charge in [-0.1, -0.05) is 26.5 Å². The van der Waals surface area contributed by atoms with Gasteiger partial charge in [0.2, 0.25) is 29.2 Å². The molecular weight excluding hydrogens is 1770 g/mol. The van der Waals surface area contributed by atoms with Crippen LogP contribution in [0.4, 0.5) is 34.8 Å². The van der Waals surface area contributed by atoms with Crippen molar-refractivity contribution in [2.75, 3.05) is 380 Å². The molecule has 0 atom stereocenters. The number of hydrogen-bond acceptors (Lipinski definition) is 35. The van der Waals surface area contributed by atoms with E-state index in [0.717, 1.165) is 48.6 Å². The lowest BCUT2D eigenvalue weighted by Crippen LogP contribution is -2.42. The topological polar surface area (TPSA) is 402 Å². The van der Waals surface area contributed by atoms with Crippen LogP contribution >= 0.6 is 0 Å². The number of halogens is 4. The van der Waals surface area contributed by atoms with Gasteiger partial charge in [0.1, 0.15) is 11.7 Å². The molecule has 5 N–H and O–H groups in total. The summed E-state index contributed by atoms with van der Waals surface area (Å²) in [5, 5.41) is 8.73. The Kier molecular flexibility index (Phi) is 71.5. The number of ether oxygens (including phenoxy) is 26. The number of rotatable bonds is 92. The van der Waals surface area contributed by atoms with Crippen LogP contribution in [-0.2, 0) is 133 Å². The van der Waals surface area contributed by atoms with Crippen LogP contribution in [0.1, 0.15) is 74.7 Å². The molecule has 1 fully saturated rings. The molecule has 1 aromatic heterocycles. The first-order valence-corrected chi connectivity index (χ1v) is 46.4. The Labute approximate surface area is 785 Å². The molecule has 0 spiro atoms. The van der Waals surface area contributed by atoms with Gasteiger partial charge in [-0.15, -0.1) is 0 Å². The first kappa shape index (κ1) is 117. The van der Waals surface area contributed by atoms with Crippen LogP contribution in [0, 0.1) is 29.2 Å². The highest BCUT2D eigenvalue weighted by Gasteiger charge is 2.27. The summed E-state index contributed by atoms with van der Waals surface area (Å²) in [5.41, 5.74) is 10.8. The minimum Gasteiger partial charge on any atom is -0.420 e. The van der Waals surface area contributed by atoms with Crippen molar-refractivity contribution < 1.29 is 160 Å². The monoisotopic (exact) mass is 1920 g/mol. The second-order valence-corrected chi connectivity index (χ2v) is 29.5. The molecule has 3 amide bonds. The Morgan fingerprint density at radius 1 is 0.425 bits per heavy atom. The number of pyridine rings is 1. The molecule has 0 aliphatic carbocycles. The van der Waals surface area contributed by atoms with Crippen molar-refractivity contribution in [3.8, 4) is 5.75 Å². The maximum Gasteiger partial charge on any atom is 0.313 e. The van der Waals surface area contributed by atoms with Crippen molar-refractivity contribution in [1.29, 1.82) is 0 Å². The van der Waals surface area contributed by atoms with Crippen LogP contribution in [0.3, 0.4) is 0 Å². The Morgan fingerprint density at radius 3 is 1.07 bits per heavy atom. The predicted molar refractivity (Wildman–Crippen MR) is 486 cm³/mol. The normalized spacial score (nSPS) is 12.9. The molecule has 5 rings (SSSR count). The Morgan fingerprint density at radius 2 is 0.746 bits per heavy atom. The number of amidine groups is 1. The summed E-state index contributed by atoms with van der Waals surface area (Å²) in [4.78, 5) is 64.1. The van der Waals surface area contributed by atoms with E-state index in [1.807, 2.05) is 18.2 Å². The van der Waals surface area contributed by atoms with Gasteiger partial charge in [0.15, 0.2) is 11.6 Å². The van der Waals surface area contributed by atoms with Gasteiger partial charge < -0.3 is 155 Å². The predicted octanol–water partition coefficient (Wildman–Crippen LogP) is 6.55. The molecule has 42 heteroatoms. The Hall–Kier alpha value is -7.26. The zero-order valence-electron chi connectivity index (χ0n) is 78.6. The van der Waals surface area contributed by atoms with Gasteiger partial charge in [0, 0.05) is 80.9 Å². The van der Waals surface area contributed by atoms with Crippen molar-refractivity contribution in [2.45, 2.75) is 58.8 Å². The number of amides is 3. The smallest absolute Gasteiger partial charge is 0.313 e. The second kappa shape index (κ2) is 81.7. The van der Waals surface area contributed by atoms with Crippen LogP contribution < -0.4 is 31.3 Å². The largest absolute Gasteiger partial charge is 0.420 e. The third kappa shape index (κ3) is 59.8. The number of carbonyl (C=O) groups excluding carboxylic acids is 4. The highest BCUT2D eigenvalue weighted by atomic mass is 19.2. The van der Waals surface area contributed by atoms with Crippen molar-refractivity contribution in [3.05, 3.63) is 94.8 Å². The molecule has 1 saturated heterocycles.